The molecule has 1 saturated heterocycles. The van der Waals surface area contributed by atoms with Gasteiger partial charge in [-0.2, -0.15) is 0 Å². The molecule has 0 saturated carbocycles. The SMILES string of the molecule is COc1ccc2nccc([C@H](F)CC[C@@H]3CCN(CCCSc4ccc(Cl)s4)C[C@@H]3C(=O)O)c2c1. The van der Waals surface area contributed by atoms with Crippen LogP contribution in [0.1, 0.15) is 37.4 Å². The third-order valence-electron chi connectivity index (χ3n) is 6.68. The molecule has 2 aromatic heterocycles. The number of methoxy groups -OCH3 is 1. The van der Waals surface area contributed by atoms with Gasteiger partial charge in [0.2, 0.25) is 0 Å². The number of carboxylic acid groups (broad SMARTS) is 1. The van der Waals surface area contributed by atoms with Gasteiger partial charge in [0.15, 0.2) is 0 Å². The zero-order valence-electron chi connectivity index (χ0n) is 19.7. The zero-order chi connectivity index (χ0) is 24.8. The van der Waals surface area contributed by atoms with Gasteiger partial charge >= 0.3 is 5.97 Å². The van der Waals surface area contributed by atoms with Gasteiger partial charge in [0.25, 0.3) is 0 Å². The summed E-state index contributed by atoms with van der Waals surface area (Å²) in [6.45, 7) is 2.26. The van der Waals surface area contributed by atoms with E-state index >= 15 is 4.39 Å². The van der Waals surface area contributed by atoms with E-state index < -0.39 is 18.1 Å². The molecule has 1 fully saturated rings. The molecule has 3 atom stereocenters. The summed E-state index contributed by atoms with van der Waals surface area (Å²) in [5, 5.41) is 10.6. The quantitative estimate of drug-likeness (QED) is 0.211. The van der Waals surface area contributed by atoms with Crippen LogP contribution in [0.3, 0.4) is 0 Å². The number of likely N-dealkylation sites (tertiary alicyclic amines) is 1. The molecule has 188 valence electrons. The number of halogens is 2. The fraction of sp³-hybridized carbons (Fsp3) is 0.462. The number of fused-ring (bicyclic) bond motifs is 1. The molecular weight excluding hydrogens is 507 g/mol. The molecule has 1 N–H and O–H groups in total. The highest BCUT2D eigenvalue weighted by atomic mass is 35.5. The van der Waals surface area contributed by atoms with Crippen molar-refractivity contribution in [1.29, 1.82) is 0 Å². The minimum atomic E-state index is -1.18. The number of hydrogen-bond donors (Lipinski definition) is 1. The normalized spacial score (nSPS) is 19.6. The molecule has 1 aliphatic heterocycles. The molecule has 0 unspecified atom stereocenters. The fourth-order valence-electron chi connectivity index (χ4n) is 4.80. The number of alkyl halides is 1. The molecule has 0 aliphatic carbocycles. The first-order valence-electron chi connectivity index (χ1n) is 11.8. The first kappa shape index (κ1) is 26.2. The highest BCUT2D eigenvalue weighted by Crippen LogP contribution is 2.36. The number of piperidine rings is 1. The monoisotopic (exact) mass is 536 g/mol. The molecule has 0 bridgehead atoms. The second-order valence-electron chi connectivity index (χ2n) is 8.88. The number of nitrogens with zero attached hydrogens (tertiary/aromatic N) is 2. The largest absolute Gasteiger partial charge is 0.497 e. The maximum Gasteiger partial charge on any atom is 0.308 e. The molecular formula is C26H30ClFN2O3S2. The Morgan fingerprint density at radius 3 is 2.97 bits per heavy atom. The van der Waals surface area contributed by atoms with Gasteiger partial charge in [-0.15, -0.1) is 23.1 Å². The van der Waals surface area contributed by atoms with E-state index in [1.165, 1.54) is 4.21 Å². The minimum Gasteiger partial charge on any atom is -0.497 e. The number of rotatable bonds is 11. The lowest BCUT2D eigenvalue weighted by Crippen LogP contribution is -2.44. The maximum absolute atomic E-state index is 15.4. The van der Waals surface area contributed by atoms with E-state index in [0.29, 0.717) is 30.7 Å². The van der Waals surface area contributed by atoms with Crippen molar-refractivity contribution in [3.05, 3.63) is 52.5 Å². The van der Waals surface area contributed by atoms with Crippen molar-refractivity contribution in [2.75, 3.05) is 32.5 Å². The average Bonchev–Trinajstić information content (AvgIpc) is 3.29. The van der Waals surface area contributed by atoms with Crippen LogP contribution >= 0.6 is 34.7 Å². The smallest absolute Gasteiger partial charge is 0.308 e. The van der Waals surface area contributed by atoms with Crippen molar-refractivity contribution in [3.8, 4) is 5.75 Å². The van der Waals surface area contributed by atoms with Gasteiger partial charge in [0, 0.05) is 23.9 Å². The van der Waals surface area contributed by atoms with Crippen LogP contribution in [0.5, 0.6) is 5.75 Å². The number of thioether (sulfide) groups is 1. The van der Waals surface area contributed by atoms with Crippen molar-refractivity contribution in [2.45, 2.75) is 36.1 Å². The van der Waals surface area contributed by atoms with Crippen LogP contribution in [0.15, 0.2) is 46.8 Å². The standard InChI is InChI=1S/C26H30ClFN2O3S2/c1-33-18-4-6-23-20(15-18)19(9-11-29-23)22(28)5-3-17-10-13-30(16-21(17)26(31)32)12-2-14-34-25-8-7-24(27)35-25/h4,6-9,11,15,17,21-22H,2-3,5,10,12-14,16H2,1H3,(H,31,32)/t17-,21+,22-/m1/s1. The first-order valence-corrected chi connectivity index (χ1v) is 14.0. The molecule has 0 radical (unpaired) electrons. The highest BCUT2D eigenvalue weighted by Gasteiger charge is 2.34. The number of aliphatic carboxylic acids is 1. The number of thiophene rings is 1. The van der Waals surface area contributed by atoms with Gasteiger partial charge in [0.1, 0.15) is 11.9 Å². The Labute approximate surface area is 218 Å². The summed E-state index contributed by atoms with van der Waals surface area (Å²) >= 11 is 9.35. The number of carbonyl (C=O) groups is 1. The van der Waals surface area contributed by atoms with Gasteiger partial charge in [-0.05, 0) is 86.7 Å². The minimum absolute atomic E-state index is 0.0210. The molecule has 0 spiro atoms. The summed E-state index contributed by atoms with van der Waals surface area (Å²) in [6.07, 6.45) is 3.06. The number of aromatic nitrogens is 1. The first-order chi connectivity index (χ1) is 16.9. The Morgan fingerprint density at radius 1 is 1.37 bits per heavy atom. The number of carboxylic acids is 1. The third-order valence-corrected chi connectivity index (χ3v) is 9.22. The highest BCUT2D eigenvalue weighted by molar-refractivity contribution is 8.01. The summed E-state index contributed by atoms with van der Waals surface area (Å²) in [5.41, 5.74) is 1.31. The third kappa shape index (κ3) is 6.88. The van der Waals surface area contributed by atoms with E-state index in [-0.39, 0.29) is 5.92 Å². The van der Waals surface area contributed by atoms with Crippen molar-refractivity contribution < 1.29 is 19.0 Å². The van der Waals surface area contributed by atoms with Gasteiger partial charge in [-0.1, -0.05) is 11.6 Å². The fourth-order valence-corrected chi connectivity index (χ4v) is 7.10. The molecule has 4 rings (SSSR count). The van der Waals surface area contributed by atoms with Gasteiger partial charge in [-0.3, -0.25) is 9.78 Å². The van der Waals surface area contributed by atoms with Crippen molar-refractivity contribution in [1.82, 2.24) is 9.88 Å². The van der Waals surface area contributed by atoms with Gasteiger partial charge < -0.3 is 14.7 Å². The summed E-state index contributed by atoms with van der Waals surface area (Å²) in [5.74, 6) is 0.371. The summed E-state index contributed by atoms with van der Waals surface area (Å²) in [7, 11) is 1.58. The van der Waals surface area contributed by atoms with Gasteiger partial charge in [0.05, 0.1) is 27.1 Å². The average molecular weight is 537 g/mol. The lowest BCUT2D eigenvalue weighted by atomic mass is 9.81. The Hall–Kier alpha value is -1.87. The molecule has 5 nitrogen and oxygen atoms in total. The Morgan fingerprint density at radius 2 is 2.23 bits per heavy atom. The van der Waals surface area contributed by atoms with Crippen molar-refractivity contribution >= 4 is 51.6 Å². The summed E-state index contributed by atoms with van der Waals surface area (Å²) < 4.78 is 22.7. The summed E-state index contributed by atoms with van der Waals surface area (Å²) in [4.78, 5) is 18.6. The van der Waals surface area contributed by atoms with Crippen LogP contribution in [0, 0.1) is 11.8 Å². The van der Waals surface area contributed by atoms with E-state index in [1.54, 1.807) is 42.5 Å². The number of hydrogen-bond acceptors (Lipinski definition) is 6. The van der Waals surface area contributed by atoms with E-state index in [0.717, 1.165) is 46.9 Å². The van der Waals surface area contributed by atoms with Crippen LogP contribution in [-0.4, -0.2) is 53.5 Å². The number of benzene rings is 1. The van der Waals surface area contributed by atoms with E-state index in [9.17, 15) is 9.90 Å². The Balaban J connectivity index is 1.30. The van der Waals surface area contributed by atoms with Gasteiger partial charge in [-0.25, -0.2) is 4.39 Å². The topological polar surface area (TPSA) is 62.7 Å². The Bertz CT molecular complexity index is 1140. The second-order valence-corrected chi connectivity index (χ2v) is 12.0. The Kier molecular flexibility index (Phi) is 9.27. The lowest BCUT2D eigenvalue weighted by molar-refractivity contribution is -0.146. The van der Waals surface area contributed by atoms with Crippen LogP contribution in [-0.2, 0) is 4.79 Å². The van der Waals surface area contributed by atoms with Crippen LogP contribution in [0.2, 0.25) is 4.34 Å². The van der Waals surface area contributed by atoms with Crippen LogP contribution in [0.25, 0.3) is 10.9 Å². The molecule has 3 heterocycles. The maximum atomic E-state index is 15.4. The lowest BCUT2D eigenvalue weighted by Gasteiger charge is -2.36. The predicted octanol–water partition coefficient (Wildman–Crippen LogP) is 6.95. The molecule has 9 heteroatoms. The number of pyridine rings is 1. The predicted molar refractivity (Wildman–Crippen MR) is 142 cm³/mol. The van der Waals surface area contributed by atoms with E-state index in [1.807, 2.05) is 30.3 Å². The summed E-state index contributed by atoms with van der Waals surface area (Å²) in [6, 6.07) is 11.1. The molecule has 35 heavy (non-hydrogen) atoms. The number of ether oxygens (including phenoxy) is 1. The molecule has 1 aromatic carbocycles. The second kappa shape index (κ2) is 12.4. The molecule has 0 amide bonds. The van der Waals surface area contributed by atoms with Crippen molar-refractivity contribution in [3.63, 3.8) is 0 Å². The van der Waals surface area contributed by atoms with Crippen LogP contribution in [0.4, 0.5) is 4.39 Å². The molecule has 3 aromatic rings. The van der Waals surface area contributed by atoms with E-state index in [4.69, 9.17) is 16.3 Å². The van der Waals surface area contributed by atoms with E-state index in [2.05, 4.69) is 9.88 Å². The van der Waals surface area contributed by atoms with Crippen LogP contribution < -0.4 is 4.74 Å². The molecule has 1 aliphatic rings. The zero-order valence-corrected chi connectivity index (χ0v) is 22.0. The van der Waals surface area contributed by atoms with Crippen molar-refractivity contribution in [2.24, 2.45) is 11.8 Å².